The average molecular weight is 424 g/mol. The number of aryl methyl sites for hydroxylation is 1. The average Bonchev–Trinajstić information content (AvgIpc) is 3.07. The lowest BCUT2D eigenvalue weighted by molar-refractivity contribution is 0.354. The standard InChI is InChI=1S/C17H18ClN5O4S/c1-11-19-21-22-23(11)10-12-4-5-13(18)8-15(12)20-28(24,25)14-6-7-16(26-2)17(9-14)27-3/h4-9,20H,10H2,1-3H3. The Morgan fingerprint density at radius 3 is 2.50 bits per heavy atom. The zero-order valence-electron chi connectivity index (χ0n) is 15.4. The smallest absolute Gasteiger partial charge is 0.262 e. The normalized spacial score (nSPS) is 11.3. The highest BCUT2D eigenvalue weighted by atomic mass is 35.5. The van der Waals surface area contributed by atoms with Crippen molar-refractivity contribution in [3.05, 3.63) is 52.8 Å². The van der Waals surface area contributed by atoms with Gasteiger partial charge >= 0.3 is 0 Å². The van der Waals surface area contributed by atoms with Crippen molar-refractivity contribution in [1.29, 1.82) is 0 Å². The van der Waals surface area contributed by atoms with E-state index in [1.165, 1.54) is 38.5 Å². The molecule has 0 aliphatic carbocycles. The summed E-state index contributed by atoms with van der Waals surface area (Å²) in [5, 5.41) is 11.7. The minimum Gasteiger partial charge on any atom is -0.493 e. The van der Waals surface area contributed by atoms with Crippen molar-refractivity contribution in [2.75, 3.05) is 18.9 Å². The second-order valence-corrected chi connectivity index (χ2v) is 7.93. The van der Waals surface area contributed by atoms with E-state index in [9.17, 15) is 8.42 Å². The van der Waals surface area contributed by atoms with Gasteiger partial charge in [-0.25, -0.2) is 13.1 Å². The highest BCUT2D eigenvalue weighted by Gasteiger charge is 2.19. The number of tetrazole rings is 1. The molecule has 3 rings (SSSR count). The molecule has 0 bridgehead atoms. The van der Waals surface area contributed by atoms with Gasteiger partial charge in [0, 0.05) is 11.1 Å². The van der Waals surface area contributed by atoms with E-state index in [1.807, 2.05) is 0 Å². The number of hydrogen-bond donors (Lipinski definition) is 1. The molecule has 148 valence electrons. The van der Waals surface area contributed by atoms with E-state index >= 15 is 0 Å². The van der Waals surface area contributed by atoms with Crippen molar-refractivity contribution in [2.24, 2.45) is 0 Å². The van der Waals surface area contributed by atoms with Gasteiger partial charge in [-0.2, -0.15) is 0 Å². The third-order valence-electron chi connectivity index (χ3n) is 4.01. The Hall–Kier alpha value is -2.85. The molecule has 2 aromatic carbocycles. The van der Waals surface area contributed by atoms with Gasteiger partial charge in [0.05, 0.1) is 31.3 Å². The molecular formula is C17H18ClN5O4S. The molecule has 0 unspecified atom stereocenters. The zero-order chi connectivity index (χ0) is 20.3. The van der Waals surface area contributed by atoms with Gasteiger partial charge in [0.25, 0.3) is 10.0 Å². The number of benzene rings is 2. The van der Waals surface area contributed by atoms with Gasteiger partial charge in [0.15, 0.2) is 11.5 Å². The van der Waals surface area contributed by atoms with E-state index in [-0.39, 0.29) is 11.4 Å². The van der Waals surface area contributed by atoms with Crippen molar-refractivity contribution in [3.63, 3.8) is 0 Å². The summed E-state index contributed by atoms with van der Waals surface area (Å²) in [6.45, 7) is 2.03. The first kappa shape index (κ1) is 19.9. The first-order valence-electron chi connectivity index (χ1n) is 8.10. The van der Waals surface area contributed by atoms with Crippen molar-refractivity contribution >= 4 is 27.3 Å². The highest BCUT2D eigenvalue weighted by Crippen LogP contribution is 2.31. The molecule has 0 aliphatic heterocycles. The number of halogens is 1. The number of aromatic nitrogens is 4. The van der Waals surface area contributed by atoms with Crippen LogP contribution < -0.4 is 14.2 Å². The number of nitrogens with zero attached hydrogens (tertiary/aromatic N) is 4. The number of nitrogens with one attached hydrogen (secondary N) is 1. The largest absolute Gasteiger partial charge is 0.493 e. The van der Waals surface area contributed by atoms with Crippen LogP contribution in [0.15, 0.2) is 41.3 Å². The summed E-state index contributed by atoms with van der Waals surface area (Å²) in [7, 11) is -0.993. The SMILES string of the molecule is COc1ccc(S(=O)(=O)Nc2cc(Cl)ccc2Cn2nnnc2C)cc1OC. The molecule has 11 heteroatoms. The maximum Gasteiger partial charge on any atom is 0.262 e. The summed E-state index contributed by atoms with van der Waals surface area (Å²) in [6.07, 6.45) is 0. The molecule has 0 amide bonds. The fraction of sp³-hybridized carbons (Fsp3) is 0.235. The minimum absolute atomic E-state index is 0.0229. The van der Waals surface area contributed by atoms with Gasteiger partial charge in [0.2, 0.25) is 0 Å². The van der Waals surface area contributed by atoms with Gasteiger partial charge < -0.3 is 9.47 Å². The molecule has 0 saturated heterocycles. The summed E-state index contributed by atoms with van der Waals surface area (Å²) < 4.78 is 40.3. The maximum absolute atomic E-state index is 12.9. The lowest BCUT2D eigenvalue weighted by Gasteiger charge is -2.15. The van der Waals surface area contributed by atoms with Crippen LogP contribution in [0, 0.1) is 6.92 Å². The molecule has 0 aliphatic rings. The predicted octanol–water partition coefficient (Wildman–Crippen LogP) is 2.50. The minimum atomic E-state index is -3.90. The second kappa shape index (κ2) is 8.03. The lowest BCUT2D eigenvalue weighted by atomic mass is 10.2. The van der Waals surface area contributed by atoms with Crippen molar-refractivity contribution in [3.8, 4) is 11.5 Å². The summed E-state index contributed by atoms with van der Waals surface area (Å²) in [5.74, 6) is 1.34. The van der Waals surface area contributed by atoms with Crippen molar-refractivity contribution in [2.45, 2.75) is 18.4 Å². The molecule has 0 radical (unpaired) electrons. The lowest BCUT2D eigenvalue weighted by Crippen LogP contribution is -2.16. The van der Waals surface area contributed by atoms with Crippen molar-refractivity contribution < 1.29 is 17.9 Å². The number of anilines is 1. The molecule has 1 N–H and O–H groups in total. The van der Waals surface area contributed by atoms with Gasteiger partial charge in [-0.05, 0) is 47.2 Å². The number of sulfonamides is 1. The van der Waals surface area contributed by atoms with Gasteiger partial charge in [-0.15, -0.1) is 5.10 Å². The van der Waals surface area contributed by atoms with E-state index < -0.39 is 10.0 Å². The third kappa shape index (κ3) is 4.18. The quantitative estimate of drug-likeness (QED) is 0.621. The summed E-state index contributed by atoms with van der Waals surface area (Å²) in [5.41, 5.74) is 0.987. The van der Waals surface area contributed by atoms with Crippen LogP contribution in [-0.4, -0.2) is 42.8 Å². The Bertz CT molecular complexity index is 1100. The highest BCUT2D eigenvalue weighted by molar-refractivity contribution is 7.92. The molecule has 0 spiro atoms. The Labute approximate surface area is 167 Å². The maximum atomic E-state index is 12.9. The van der Waals surface area contributed by atoms with Crippen LogP contribution in [0.25, 0.3) is 0 Å². The Morgan fingerprint density at radius 2 is 1.86 bits per heavy atom. The van der Waals surface area contributed by atoms with Gasteiger partial charge in [0.1, 0.15) is 5.82 Å². The number of ether oxygens (including phenoxy) is 2. The van der Waals surface area contributed by atoms with Gasteiger partial charge in [-0.3, -0.25) is 4.72 Å². The Morgan fingerprint density at radius 1 is 1.11 bits per heavy atom. The molecule has 0 saturated carbocycles. The summed E-state index contributed by atoms with van der Waals surface area (Å²) in [6, 6.07) is 9.27. The van der Waals surface area contributed by atoms with E-state index in [1.54, 1.807) is 23.7 Å². The van der Waals surface area contributed by atoms with Crippen LogP contribution in [0.5, 0.6) is 11.5 Å². The zero-order valence-corrected chi connectivity index (χ0v) is 17.0. The van der Waals surface area contributed by atoms with E-state index in [4.69, 9.17) is 21.1 Å². The summed E-state index contributed by atoms with van der Waals surface area (Å²) >= 11 is 6.07. The Balaban J connectivity index is 1.96. The fourth-order valence-electron chi connectivity index (χ4n) is 2.53. The number of methoxy groups -OCH3 is 2. The first-order valence-corrected chi connectivity index (χ1v) is 9.96. The second-order valence-electron chi connectivity index (χ2n) is 5.81. The molecule has 1 heterocycles. The third-order valence-corrected chi connectivity index (χ3v) is 5.61. The monoisotopic (exact) mass is 423 g/mol. The molecule has 1 aromatic heterocycles. The molecular weight excluding hydrogens is 406 g/mol. The van der Waals surface area contributed by atoms with Gasteiger partial charge in [-0.1, -0.05) is 17.7 Å². The molecule has 0 atom stereocenters. The number of hydrogen-bond acceptors (Lipinski definition) is 7. The Kier molecular flexibility index (Phi) is 5.71. The first-order chi connectivity index (χ1) is 13.3. The van der Waals surface area contributed by atoms with Crippen molar-refractivity contribution in [1.82, 2.24) is 20.2 Å². The summed E-state index contributed by atoms with van der Waals surface area (Å²) in [4.78, 5) is 0.0229. The topological polar surface area (TPSA) is 108 Å². The molecule has 3 aromatic rings. The van der Waals surface area contributed by atoms with Crippen LogP contribution in [0.4, 0.5) is 5.69 Å². The van der Waals surface area contributed by atoms with Crippen LogP contribution in [0.1, 0.15) is 11.4 Å². The molecule has 0 fully saturated rings. The van der Waals surface area contributed by atoms with E-state index in [2.05, 4.69) is 20.2 Å². The van der Waals surface area contributed by atoms with E-state index in [0.29, 0.717) is 33.6 Å². The van der Waals surface area contributed by atoms with Crippen LogP contribution in [0.2, 0.25) is 5.02 Å². The number of rotatable bonds is 7. The van der Waals surface area contributed by atoms with Crippen LogP contribution in [-0.2, 0) is 16.6 Å². The van der Waals surface area contributed by atoms with Crippen LogP contribution >= 0.6 is 11.6 Å². The molecule has 28 heavy (non-hydrogen) atoms. The van der Waals surface area contributed by atoms with E-state index in [0.717, 1.165) is 0 Å². The predicted molar refractivity (Wildman–Crippen MR) is 103 cm³/mol. The van der Waals surface area contributed by atoms with Crippen LogP contribution in [0.3, 0.4) is 0 Å². The fourth-order valence-corrected chi connectivity index (χ4v) is 3.80. The molecule has 9 nitrogen and oxygen atoms in total.